The standard InChI is InChI=1S/C16H22N4OS/c1-11-8-18-16(22-11)12(2)19-14-9-17-10-15(20-14)21-13-6-4-3-5-7-13/h8-10,12-13H,3-7H2,1-2H3,(H,19,20). The zero-order valence-electron chi connectivity index (χ0n) is 13.1. The summed E-state index contributed by atoms with van der Waals surface area (Å²) in [6, 6.07) is 0.109. The lowest BCUT2D eigenvalue weighted by Crippen LogP contribution is -2.20. The fourth-order valence-electron chi connectivity index (χ4n) is 2.68. The van der Waals surface area contributed by atoms with Crippen LogP contribution in [0.3, 0.4) is 0 Å². The highest BCUT2D eigenvalue weighted by molar-refractivity contribution is 7.11. The molecule has 1 N–H and O–H groups in total. The van der Waals surface area contributed by atoms with Crippen molar-refractivity contribution in [3.63, 3.8) is 0 Å². The summed E-state index contributed by atoms with van der Waals surface area (Å²) < 4.78 is 5.96. The molecule has 22 heavy (non-hydrogen) atoms. The Morgan fingerprint density at radius 3 is 2.77 bits per heavy atom. The number of hydrogen-bond donors (Lipinski definition) is 1. The van der Waals surface area contributed by atoms with Crippen molar-refractivity contribution in [2.45, 2.75) is 58.1 Å². The number of ether oxygens (including phenoxy) is 1. The first-order chi connectivity index (χ1) is 10.7. The molecule has 1 unspecified atom stereocenters. The average molecular weight is 318 g/mol. The summed E-state index contributed by atoms with van der Waals surface area (Å²) in [6.45, 7) is 4.14. The molecule has 118 valence electrons. The van der Waals surface area contributed by atoms with Crippen LogP contribution in [0.25, 0.3) is 0 Å². The first-order valence-corrected chi connectivity index (χ1v) is 8.70. The quantitative estimate of drug-likeness (QED) is 0.898. The van der Waals surface area contributed by atoms with Crippen LogP contribution in [0.15, 0.2) is 18.6 Å². The number of nitrogens with zero attached hydrogens (tertiary/aromatic N) is 3. The van der Waals surface area contributed by atoms with Gasteiger partial charge in [0.25, 0.3) is 0 Å². The minimum absolute atomic E-state index is 0.109. The van der Waals surface area contributed by atoms with E-state index in [1.807, 2.05) is 6.20 Å². The summed E-state index contributed by atoms with van der Waals surface area (Å²) >= 11 is 1.69. The second kappa shape index (κ2) is 7.05. The Kier molecular flexibility index (Phi) is 4.87. The minimum Gasteiger partial charge on any atom is -0.473 e. The van der Waals surface area contributed by atoms with Crippen molar-refractivity contribution >= 4 is 17.2 Å². The first kappa shape index (κ1) is 15.2. The minimum atomic E-state index is 0.109. The zero-order valence-corrected chi connectivity index (χ0v) is 13.9. The van der Waals surface area contributed by atoms with Crippen molar-refractivity contribution in [3.05, 3.63) is 28.5 Å². The molecule has 0 spiro atoms. The van der Waals surface area contributed by atoms with Crippen LogP contribution in [0, 0.1) is 6.92 Å². The maximum atomic E-state index is 5.96. The molecule has 2 heterocycles. The Labute approximate surface area is 135 Å². The lowest BCUT2D eigenvalue weighted by molar-refractivity contribution is 0.148. The van der Waals surface area contributed by atoms with E-state index in [1.165, 1.54) is 24.1 Å². The van der Waals surface area contributed by atoms with E-state index in [4.69, 9.17) is 4.74 Å². The highest BCUT2D eigenvalue weighted by Gasteiger charge is 2.16. The lowest BCUT2D eigenvalue weighted by Gasteiger charge is -2.22. The molecule has 1 saturated carbocycles. The Morgan fingerprint density at radius 2 is 2.05 bits per heavy atom. The summed E-state index contributed by atoms with van der Waals surface area (Å²) in [4.78, 5) is 14.4. The van der Waals surface area contributed by atoms with Crippen molar-refractivity contribution < 1.29 is 4.74 Å². The molecule has 2 aromatic heterocycles. The van der Waals surface area contributed by atoms with Gasteiger partial charge < -0.3 is 10.1 Å². The fraction of sp³-hybridized carbons (Fsp3) is 0.562. The SMILES string of the molecule is Cc1cnc(C(C)Nc2cncc(OC3CCCCC3)n2)s1. The maximum absolute atomic E-state index is 5.96. The van der Waals surface area contributed by atoms with Gasteiger partial charge in [-0.2, -0.15) is 4.98 Å². The number of anilines is 1. The van der Waals surface area contributed by atoms with Crippen LogP contribution < -0.4 is 10.1 Å². The van der Waals surface area contributed by atoms with Crippen LogP contribution in [-0.4, -0.2) is 21.1 Å². The topological polar surface area (TPSA) is 59.9 Å². The molecule has 0 aromatic carbocycles. The monoisotopic (exact) mass is 318 g/mol. The molecule has 1 atom stereocenters. The van der Waals surface area contributed by atoms with Gasteiger partial charge in [-0.1, -0.05) is 6.42 Å². The van der Waals surface area contributed by atoms with Crippen LogP contribution in [0.5, 0.6) is 5.88 Å². The second-order valence-corrected chi connectivity index (χ2v) is 7.06. The van der Waals surface area contributed by atoms with Crippen LogP contribution in [0.1, 0.15) is 55.0 Å². The third kappa shape index (κ3) is 3.94. The Hall–Kier alpha value is -1.69. The van der Waals surface area contributed by atoms with Crippen molar-refractivity contribution in [2.75, 3.05) is 5.32 Å². The molecule has 1 fully saturated rings. The predicted octanol–water partition coefficient (Wildman–Crippen LogP) is 4.13. The Bertz CT molecular complexity index is 610. The third-order valence-corrected chi connectivity index (χ3v) is 4.92. The van der Waals surface area contributed by atoms with Crippen molar-refractivity contribution in [3.8, 4) is 5.88 Å². The van der Waals surface area contributed by atoms with E-state index < -0.39 is 0 Å². The molecule has 0 bridgehead atoms. The molecule has 0 aliphatic heterocycles. The summed E-state index contributed by atoms with van der Waals surface area (Å²) in [5, 5.41) is 4.40. The van der Waals surface area contributed by atoms with E-state index in [9.17, 15) is 0 Å². The molecular weight excluding hydrogens is 296 g/mol. The molecule has 0 saturated heterocycles. The molecule has 6 heteroatoms. The van der Waals surface area contributed by atoms with Crippen molar-refractivity contribution in [1.82, 2.24) is 15.0 Å². The van der Waals surface area contributed by atoms with Crippen LogP contribution >= 0.6 is 11.3 Å². The fourth-order valence-corrected chi connectivity index (χ4v) is 3.46. The Balaban J connectivity index is 1.63. The number of thiazole rings is 1. The van der Waals surface area contributed by atoms with Gasteiger partial charge in [0.05, 0.1) is 18.4 Å². The van der Waals surface area contributed by atoms with Gasteiger partial charge in [0.1, 0.15) is 16.9 Å². The highest BCUT2D eigenvalue weighted by atomic mass is 32.1. The average Bonchev–Trinajstić information content (AvgIpc) is 2.95. The van der Waals surface area contributed by atoms with Gasteiger partial charge in [0.15, 0.2) is 0 Å². The van der Waals surface area contributed by atoms with Crippen LogP contribution in [0.4, 0.5) is 5.82 Å². The number of rotatable bonds is 5. The van der Waals surface area contributed by atoms with E-state index in [2.05, 4.69) is 34.1 Å². The molecule has 3 rings (SSSR count). The number of hydrogen-bond acceptors (Lipinski definition) is 6. The molecule has 2 aromatic rings. The summed E-state index contributed by atoms with van der Waals surface area (Å²) in [5.41, 5.74) is 0. The smallest absolute Gasteiger partial charge is 0.234 e. The summed E-state index contributed by atoms with van der Waals surface area (Å²) in [7, 11) is 0. The van der Waals surface area contributed by atoms with E-state index in [0.717, 1.165) is 23.7 Å². The van der Waals surface area contributed by atoms with E-state index >= 15 is 0 Å². The number of nitrogens with one attached hydrogen (secondary N) is 1. The van der Waals surface area contributed by atoms with Gasteiger partial charge in [-0.15, -0.1) is 11.3 Å². The molecule has 0 amide bonds. The summed E-state index contributed by atoms with van der Waals surface area (Å²) in [6.07, 6.45) is 11.7. The van der Waals surface area contributed by atoms with Gasteiger partial charge in [-0.05, 0) is 39.5 Å². The molecule has 5 nitrogen and oxygen atoms in total. The largest absolute Gasteiger partial charge is 0.473 e. The Morgan fingerprint density at radius 1 is 1.23 bits per heavy atom. The number of aromatic nitrogens is 3. The van der Waals surface area contributed by atoms with Gasteiger partial charge in [-0.3, -0.25) is 4.98 Å². The van der Waals surface area contributed by atoms with Crippen LogP contribution in [-0.2, 0) is 0 Å². The highest BCUT2D eigenvalue weighted by Crippen LogP contribution is 2.25. The summed E-state index contributed by atoms with van der Waals surface area (Å²) in [5.74, 6) is 1.34. The van der Waals surface area contributed by atoms with Gasteiger partial charge in [-0.25, -0.2) is 4.98 Å². The van der Waals surface area contributed by atoms with Gasteiger partial charge >= 0.3 is 0 Å². The maximum Gasteiger partial charge on any atom is 0.234 e. The molecular formula is C16H22N4OS. The van der Waals surface area contributed by atoms with Gasteiger partial charge in [0.2, 0.25) is 5.88 Å². The van der Waals surface area contributed by atoms with E-state index in [-0.39, 0.29) is 12.1 Å². The predicted molar refractivity (Wildman–Crippen MR) is 88.4 cm³/mol. The molecule has 1 aliphatic carbocycles. The molecule has 0 radical (unpaired) electrons. The number of aryl methyl sites for hydroxylation is 1. The second-order valence-electron chi connectivity index (χ2n) is 5.80. The first-order valence-electron chi connectivity index (χ1n) is 7.88. The molecule has 1 aliphatic rings. The lowest BCUT2D eigenvalue weighted by atomic mass is 9.98. The van der Waals surface area contributed by atoms with E-state index in [1.54, 1.807) is 23.7 Å². The van der Waals surface area contributed by atoms with Crippen molar-refractivity contribution in [1.29, 1.82) is 0 Å². The third-order valence-electron chi connectivity index (χ3n) is 3.83. The van der Waals surface area contributed by atoms with Crippen molar-refractivity contribution in [2.24, 2.45) is 0 Å². The van der Waals surface area contributed by atoms with Gasteiger partial charge in [0, 0.05) is 11.1 Å². The van der Waals surface area contributed by atoms with E-state index in [0.29, 0.717) is 5.88 Å². The normalized spacial score (nSPS) is 17.2. The zero-order chi connectivity index (χ0) is 15.4. The van der Waals surface area contributed by atoms with Crippen LogP contribution in [0.2, 0.25) is 0 Å².